The van der Waals surface area contributed by atoms with Gasteiger partial charge in [0.15, 0.2) is 5.13 Å². The second-order valence-electron chi connectivity index (χ2n) is 6.67. The quantitative estimate of drug-likeness (QED) is 0.904. The molecule has 0 spiro atoms. The molecule has 0 atom stereocenters. The monoisotopic (exact) mass is 337 g/mol. The zero-order chi connectivity index (χ0) is 15.6. The van der Waals surface area contributed by atoms with E-state index in [1.54, 1.807) is 11.3 Å². The molecule has 1 fully saturated rings. The van der Waals surface area contributed by atoms with E-state index in [-0.39, 0.29) is 5.41 Å². The van der Waals surface area contributed by atoms with E-state index < -0.39 is 0 Å². The van der Waals surface area contributed by atoms with Crippen LogP contribution in [0, 0.1) is 0 Å². The van der Waals surface area contributed by atoms with Gasteiger partial charge < -0.3 is 10.2 Å². The van der Waals surface area contributed by atoms with E-state index in [1.807, 2.05) is 0 Å². The largest absolute Gasteiger partial charge is 0.360 e. The van der Waals surface area contributed by atoms with Crippen LogP contribution in [0.25, 0.3) is 0 Å². The van der Waals surface area contributed by atoms with Crippen molar-refractivity contribution in [1.29, 1.82) is 0 Å². The molecule has 0 aliphatic carbocycles. The standard InChI is InChI=1S/C15H23N5S2/c1-15(2,3)12-18-13(22-19-12)16-7-6-11-10-21-14(17-11)20-8-4-5-9-20/h10H,4-9H2,1-3H3,(H,16,18,19). The van der Waals surface area contributed by atoms with Crippen LogP contribution in [0.4, 0.5) is 10.3 Å². The lowest BCUT2D eigenvalue weighted by molar-refractivity contribution is 0.555. The lowest BCUT2D eigenvalue weighted by Gasteiger charge is -2.12. The van der Waals surface area contributed by atoms with Gasteiger partial charge in [0.05, 0.1) is 5.69 Å². The predicted molar refractivity (Wildman–Crippen MR) is 94.4 cm³/mol. The van der Waals surface area contributed by atoms with Gasteiger partial charge in [0.2, 0.25) is 5.13 Å². The van der Waals surface area contributed by atoms with Crippen molar-refractivity contribution in [2.45, 2.75) is 45.4 Å². The van der Waals surface area contributed by atoms with Crippen molar-refractivity contribution in [1.82, 2.24) is 14.3 Å². The predicted octanol–water partition coefficient (Wildman–Crippen LogP) is 3.55. The minimum absolute atomic E-state index is 0.00989. The van der Waals surface area contributed by atoms with Crippen LogP contribution >= 0.6 is 22.9 Å². The van der Waals surface area contributed by atoms with Crippen LogP contribution in [-0.4, -0.2) is 34.0 Å². The normalized spacial score (nSPS) is 15.5. The number of thiazole rings is 1. The second kappa shape index (κ2) is 6.50. The molecule has 1 aliphatic rings. The van der Waals surface area contributed by atoms with Crippen LogP contribution in [0.3, 0.4) is 0 Å². The van der Waals surface area contributed by atoms with Crippen molar-refractivity contribution < 1.29 is 0 Å². The van der Waals surface area contributed by atoms with Gasteiger partial charge in [0.25, 0.3) is 0 Å². The highest BCUT2D eigenvalue weighted by molar-refractivity contribution is 7.13. The van der Waals surface area contributed by atoms with Crippen molar-refractivity contribution in [2.24, 2.45) is 0 Å². The molecule has 1 aliphatic heterocycles. The molecule has 0 unspecified atom stereocenters. The fourth-order valence-electron chi connectivity index (χ4n) is 2.36. The summed E-state index contributed by atoms with van der Waals surface area (Å²) in [4.78, 5) is 11.7. The van der Waals surface area contributed by atoms with Crippen molar-refractivity contribution in [3.63, 3.8) is 0 Å². The van der Waals surface area contributed by atoms with E-state index in [0.717, 1.165) is 37.0 Å². The summed E-state index contributed by atoms with van der Waals surface area (Å²) < 4.78 is 4.42. The van der Waals surface area contributed by atoms with Gasteiger partial charge in [-0.2, -0.15) is 4.37 Å². The van der Waals surface area contributed by atoms with Gasteiger partial charge in [-0.1, -0.05) is 20.8 Å². The molecule has 22 heavy (non-hydrogen) atoms. The van der Waals surface area contributed by atoms with Crippen LogP contribution in [0.5, 0.6) is 0 Å². The summed E-state index contributed by atoms with van der Waals surface area (Å²) in [5, 5.41) is 7.62. The maximum atomic E-state index is 4.74. The zero-order valence-corrected chi connectivity index (χ0v) is 15.1. The Morgan fingerprint density at radius 1 is 1.23 bits per heavy atom. The molecular formula is C15H23N5S2. The molecule has 3 heterocycles. The summed E-state index contributed by atoms with van der Waals surface area (Å²) in [7, 11) is 0. The Morgan fingerprint density at radius 2 is 2.00 bits per heavy atom. The zero-order valence-electron chi connectivity index (χ0n) is 13.4. The third-order valence-electron chi connectivity index (χ3n) is 3.67. The Morgan fingerprint density at radius 3 is 2.68 bits per heavy atom. The Hall–Kier alpha value is -1.21. The first-order valence-corrected chi connectivity index (χ1v) is 9.45. The van der Waals surface area contributed by atoms with Crippen LogP contribution < -0.4 is 10.2 Å². The molecule has 1 N–H and O–H groups in total. The molecular weight excluding hydrogens is 314 g/mol. The van der Waals surface area contributed by atoms with Gasteiger partial charge in [-0.25, -0.2) is 9.97 Å². The van der Waals surface area contributed by atoms with E-state index >= 15 is 0 Å². The molecule has 2 aromatic heterocycles. The van der Waals surface area contributed by atoms with Crippen LogP contribution in [0.1, 0.15) is 45.1 Å². The first-order valence-electron chi connectivity index (χ1n) is 7.80. The minimum Gasteiger partial charge on any atom is -0.360 e. The maximum Gasteiger partial charge on any atom is 0.202 e. The molecule has 1 saturated heterocycles. The highest BCUT2D eigenvalue weighted by atomic mass is 32.1. The van der Waals surface area contributed by atoms with Crippen molar-refractivity contribution in [3.8, 4) is 0 Å². The highest BCUT2D eigenvalue weighted by Gasteiger charge is 2.19. The highest BCUT2D eigenvalue weighted by Crippen LogP contribution is 2.25. The van der Waals surface area contributed by atoms with Crippen LogP contribution in [0.15, 0.2) is 5.38 Å². The molecule has 0 amide bonds. The lowest BCUT2D eigenvalue weighted by Crippen LogP contribution is -2.17. The van der Waals surface area contributed by atoms with Crippen molar-refractivity contribution in [2.75, 3.05) is 29.9 Å². The summed E-state index contributed by atoms with van der Waals surface area (Å²) in [6.07, 6.45) is 3.52. The van der Waals surface area contributed by atoms with Gasteiger partial charge in [-0.15, -0.1) is 11.3 Å². The smallest absolute Gasteiger partial charge is 0.202 e. The number of nitrogens with one attached hydrogen (secondary N) is 1. The second-order valence-corrected chi connectivity index (χ2v) is 8.25. The average molecular weight is 338 g/mol. The summed E-state index contributed by atoms with van der Waals surface area (Å²) in [6.45, 7) is 9.56. The number of rotatable bonds is 5. The number of hydrogen-bond donors (Lipinski definition) is 1. The molecule has 0 saturated carbocycles. The topological polar surface area (TPSA) is 53.9 Å². The van der Waals surface area contributed by atoms with Gasteiger partial charge in [0.1, 0.15) is 5.82 Å². The third-order valence-corrected chi connectivity index (χ3v) is 5.29. The number of aromatic nitrogens is 3. The van der Waals surface area contributed by atoms with Crippen molar-refractivity contribution in [3.05, 3.63) is 16.9 Å². The number of anilines is 2. The molecule has 0 radical (unpaired) electrons. The van der Waals surface area contributed by atoms with Gasteiger partial charge in [-0.3, -0.25) is 0 Å². The molecule has 0 aromatic carbocycles. The van der Waals surface area contributed by atoms with Crippen LogP contribution in [-0.2, 0) is 11.8 Å². The Balaban J connectivity index is 1.49. The minimum atomic E-state index is 0.00989. The maximum absolute atomic E-state index is 4.74. The van der Waals surface area contributed by atoms with E-state index in [2.05, 4.69) is 45.7 Å². The molecule has 2 aromatic rings. The SMILES string of the molecule is CC(C)(C)c1nsc(NCCc2csc(N3CCCC3)n2)n1. The number of nitrogens with zero attached hydrogens (tertiary/aromatic N) is 4. The Kier molecular flexibility index (Phi) is 4.63. The van der Waals surface area contributed by atoms with Gasteiger partial charge >= 0.3 is 0 Å². The van der Waals surface area contributed by atoms with E-state index in [4.69, 9.17) is 4.98 Å². The van der Waals surface area contributed by atoms with Crippen LogP contribution in [0.2, 0.25) is 0 Å². The first-order chi connectivity index (χ1) is 10.5. The van der Waals surface area contributed by atoms with E-state index in [0.29, 0.717) is 0 Å². The lowest BCUT2D eigenvalue weighted by atomic mass is 9.96. The van der Waals surface area contributed by atoms with Crippen molar-refractivity contribution >= 4 is 33.1 Å². The van der Waals surface area contributed by atoms with Gasteiger partial charge in [0, 0.05) is 48.4 Å². The summed E-state index contributed by atoms with van der Waals surface area (Å²) in [5.74, 6) is 0.907. The Bertz CT molecular complexity index is 607. The summed E-state index contributed by atoms with van der Waals surface area (Å²) in [5.41, 5.74) is 1.18. The fraction of sp³-hybridized carbons (Fsp3) is 0.667. The molecule has 5 nitrogen and oxygen atoms in total. The first kappa shape index (κ1) is 15.7. The third kappa shape index (κ3) is 3.76. The number of hydrogen-bond acceptors (Lipinski definition) is 7. The molecule has 3 rings (SSSR count). The molecule has 7 heteroatoms. The van der Waals surface area contributed by atoms with E-state index in [9.17, 15) is 0 Å². The molecule has 120 valence electrons. The Labute approximate surface area is 140 Å². The summed E-state index contributed by atoms with van der Waals surface area (Å²) >= 11 is 3.20. The molecule has 0 bridgehead atoms. The van der Waals surface area contributed by atoms with Gasteiger partial charge in [-0.05, 0) is 12.8 Å². The summed E-state index contributed by atoms with van der Waals surface area (Å²) in [6, 6.07) is 0. The van der Waals surface area contributed by atoms with E-state index in [1.165, 1.54) is 35.2 Å². The fourth-order valence-corrected chi connectivity index (χ4v) is 4.06. The average Bonchev–Trinajstić information content (AvgIpc) is 3.19.